The van der Waals surface area contributed by atoms with Crippen LogP contribution in [-0.2, 0) is 16.0 Å². The average molecular weight is 436 g/mol. The number of carbonyl (C=O) groups is 2. The molecule has 8 heteroatoms. The maximum Gasteiger partial charge on any atom is 0.310 e. The second-order valence-corrected chi connectivity index (χ2v) is 8.33. The summed E-state index contributed by atoms with van der Waals surface area (Å²) in [6.45, 7) is 6.57. The molecule has 3 aromatic rings. The number of nitrogens with zero attached hydrogens (tertiary/aromatic N) is 1. The van der Waals surface area contributed by atoms with Gasteiger partial charge in [0.2, 0.25) is 0 Å². The molecule has 158 valence electrons. The molecule has 0 aliphatic rings. The van der Waals surface area contributed by atoms with E-state index < -0.39 is 34.9 Å². The van der Waals surface area contributed by atoms with Gasteiger partial charge in [-0.05, 0) is 51.5 Å². The standard InChI is InChI=1S/C22H20ClF2NO4/c1-11-14(9-17(27)30-22(2,3)4)18-16(10-15(24)20(28)19(18)25)26(11)21(29)12-6-5-7-13(23)8-12/h5-8,10,28H,9H2,1-4H3. The Morgan fingerprint density at radius 1 is 1.20 bits per heavy atom. The topological polar surface area (TPSA) is 68.5 Å². The molecule has 1 heterocycles. The lowest BCUT2D eigenvalue weighted by molar-refractivity contribution is -0.153. The van der Waals surface area contributed by atoms with Gasteiger partial charge in [0.25, 0.3) is 5.91 Å². The smallest absolute Gasteiger partial charge is 0.310 e. The summed E-state index contributed by atoms with van der Waals surface area (Å²) in [5.74, 6) is -4.88. The second-order valence-electron chi connectivity index (χ2n) is 7.89. The molecule has 5 nitrogen and oxygen atoms in total. The van der Waals surface area contributed by atoms with Crippen LogP contribution in [0.15, 0.2) is 30.3 Å². The molecule has 2 aromatic carbocycles. The number of ether oxygens (including phenoxy) is 1. The summed E-state index contributed by atoms with van der Waals surface area (Å²) < 4.78 is 35.4. The molecule has 30 heavy (non-hydrogen) atoms. The summed E-state index contributed by atoms with van der Waals surface area (Å²) in [7, 11) is 0. The van der Waals surface area contributed by atoms with Gasteiger partial charge in [-0.15, -0.1) is 0 Å². The molecular weight excluding hydrogens is 416 g/mol. The lowest BCUT2D eigenvalue weighted by atomic mass is 10.1. The van der Waals surface area contributed by atoms with Crippen LogP contribution in [0.4, 0.5) is 8.78 Å². The Morgan fingerprint density at radius 2 is 1.87 bits per heavy atom. The molecule has 0 spiro atoms. The number of hydrogen-bond donors (Lipinski definition) is 1. The highest BCUT2D eigenvalue weighted by molar-refractivity contribution is 6.31. The van der Waals surface area contributed by atoms with E-state index in [9.17, 15) is 23.5 Å². The van der Waals surface area contributed by atoms with Gasteiger partial charge in [0, 0.05) is 27.7 Å². The molecule has 0 saturated heterocycles. The van der Waals surface area contributed by atoms with Crippen LogP contribution in [0.1, 0.15) is 42.4 Å². The number of phenolic OH excluding ortho intramolecular Hbond substituents is 1. The molecule has 3 rings (SSSR count). The largest absolute Gasteiger partial charge is 0.503 e. The molecule has 0 bridgehead atoms. The zero-order valence-corrected chi connectivity index (χ0v) is 17.6. The SMILES string of the molecule is Cc1c(CC(=O)OC(C)(C)C)c2c(F)c(O)c(F)cc2n1C(=O)c1cccc(Cl)c1. The van der Waals surface area contributed by atoms with Crippen molar-refractivity contribution in [1.29, 1.82) is 0 Å². The summed E-state index contributed by atoms with van der Waals surface area (Å²) >= 11 is 5.97. The predicted molar refractivity (Wildman–Crippen MR) is 109 cm³/mol. The van der Waals surface area contributed by atoms with Crippen LogP contribution >= 0.6 is 11.6 Å². The summed E-state index contributed by atoms with van der Waals surface area (Å²) in [5.41, 5.74) is -0.330. The fraction of sp³-hybridized carbons (Fsp3) is 0.273. The van der Waals surface area contributed by atoms with Crippen molar-refractivity contribution < 1.29 is 28.2 Å². The molecule has 0 atom stereocenters. The summed E-state index contributed by atoms with van der Waals surface area (Å²) in [6.07, 6.45) is -0.364. The van der Waals surface area contributed by atoms with Gasteiger partial charge in [0.05, 0.1) is 11.9 Å². The van der Waals surface area contributed by atoms with Gasteiger partial charge in [-0.3, -0.25) is 14.2 Å². The fourth-order valence-electron chi connectivity index (χ4n) is 3.31. The number of halogens is 3. The third-order valence-corrected chi connectivity index (χ3v) is 4.74. The highest BCUT2D eigenvalue weighted by Gasteiger charge is 2.28. The molecule has 0 radical (unpaired) electrons. The Hall–Kier alpha value is -2.93. The number of fused-ring (bicyclic) bond motifs is 1. The number of esters is 1. The van der Waals surface area contributed by atoms with E-state index in [1.165, 1.54) is 19.1 Å². The Balaban J connectivity index is 2.24. The maximum absolute atomic E-state index is 14.8. The zero-order valence-electron chi connectivity index (χ0n) is 16.8. The van der Waals surface area contributed by atoms with E-state index in [1.54, 1.807) is 32.9 Å². The Labute approximate surface area is 176 Å². The van der Waals surface area contributed by atoms with Gasteiger partial charge in [-0.1, -0.05) is 17.7 Å². The first-order valence-corrected chi connectivity index (χ1v) is 9.51. The van der Waals surface area contributed by atoms with E-state index in [0.29, 0.717) is 5.02 Å². The van der Waals surface area contributed by atoms with E-state index in [2.05, 4.69) is 0 Å². The van der Waals surface area contributed by atoms with Crippen molar-refractivity contribution in [1.82, 2.24) is 4.57 Å². The van der Waals surface area contributed by atoms with Gasteiger partial charge in [-0.2, -0.15) is 0 Å². The zero-order chi connectivity index (χ0) is 22.4. The van der Waals surface area contributed by atoms with Crippen LogP contribution in [0, 0.1) is 18.6 Å². The monoisotopic (exact) mass is 435 g/mol. The molecule has 0 fully saturated rings. The first-order valence-electron chi connectivity index (χ1n) is 9.13. The van der Waals surface area contributed by atoms with Gasteiger partial charge in [0.1, 0.15) is 5.60 Å². The first-order chi connectivity index (χ1) is 13.9. The minimum atomic E-state index is -1.25. The third-order valence-electron chi connectivity index (χ3n) is 4.50. The van der Waals surface area contributed by atoms with Crippen LogP contribution in [0.3, 0.4) is 0 Å². The minimum absolute atomic E-state index is 0.108. The number of aromatic nitrogens is 1. The molecule has 0 aliphatic heterocycles. The van der Waals surface area contributed by atoms with E-state index in [4.69, 9.17) is 16.3 Å². The van der Waals surface area contributed by atoms with Crippen molar-refractivity contribution in [2.24, 2.45) is 0 Å². The first kappa shape index (κ1) is 21.8. The molecule has 0 saturated carbocycles. The lowest BCUT2D eigenvalue weighted by Gasteiger charge is -2.19. The normalized spacial score (nSPS) is 11.7. The predicted octanol–water partition coefficient (Wildman–Crippen LogP) is 5.16. The van der Waals surface area contributed by atoms with Crippen molar-refractivity contribution in [2.45, 2.75) is 39.7 Å². The summed E-state index contributed by atoms with van der Waals surface area (Å²) in [6, 6.07) is 6.97. The Bertz CT molecular complexity index is 1180. The molecule has 0 unspecified atom stereocenters. The Morgan fingerprint density at radius 3 is 2.47 bits per heavy atom. The molecule has 1 N–H and O–H groups in total. The second kappa shape index (κ2) is 7.72. The van der Waals surface area contributed by atoms with Crippen molar-refractivity contribution in [2.75, 3.05) is 0 Å². The quantitative estimate of drug-likeness (QED) is 0.577. The van der Waals surface area contributed by atoms with Crippen LogP contribution in [0.25, 0.3) is 10.9 Å². The number of carbonyl (C=O) groups excluding carboxylic acids is 2. The van der Waals surface area contributed by atoms with Crippen molar-refractivity contribution in [3.05, 3.63) is 63.8 Å². The van der Waals surface area contributed by atoms with E-state index in [0.717, 1.165) is 10.6 Å². The Kier molecular flexibility index (Phi) is 5.60. The van der Waals surface area contributed by atoms with Crippen LogP contribution in [0.5, 0.6) is 5.75 Å². The van der Waals surface area contributed by atoms with Crippen LogP contribution in [0.2, 0.25) is 5.02 Å². The molecule has 0 amide bonds. The van der Waals surface area contributed by atoms with Crippen LogP contribution < -0.4 is 0 Å². The summed E-state index contributed by atoms with van der Waals surface area (Å²) in [4.78, 5) is 25.5. The third kappa shape index (κ3) is 4.03. The average Bonchev–Trinajstić information content (AvgIpc) is 2.89. The summed E-state index contributed by atoms with van der Waals surface area (Å²) in [5, 5.41) is 9.87. The van der Waals surface area contributed by atoms with Crippen LogP contribution in [-0.4, -0.2) is 27.2 Å². The molecular formula is C22H20ClF2NO4. The number of hydrogen-bond acceptors (Lipinski definition) is 4. The van der Waals surface area contributed by atoms with Gasteiger partial charge < -0.3 is 9.84 Å². The minimum Gasteiger partial charge on any atom is -0.503 e. The molecule has 0 aliphatic carbocycles. The van der Waals surface area contributed by atoms with E-state index >= 15 is 0 Å². The van der Waals surface area contributed by atoms with E-state index in [-0.39, 0.29) is 34.1 Å². The van der Waals surface area contributed by atoms with E-state index in [1.807, 2.05) is 0 Å². The number of rotatable bonds is 3. The van der Waals surface area contributed by atoms with Gasteiger partial charge in [0.15, 0.2) is 17.4 Å². The molecule has 1 aromatic heterocycles. The highest BCUT2D eigenvalue weighted by Crippen LogP contribution is 2.35. The van der Waals surface area contributed by atoms with Crippen molar-refractivity contribution >= 4 is 34.4 Å². The number of phenols is 1. The lowest BCUT2D eigenvalue weighted by Crippen LogP contribution is -2.25. The maximum atomic E-state index is 14.8. The van der Waals surface area contributed by atoms with Gasteiger partial charge >= 0.3 is 5.97 Å². The number of aromatic hydroxyl groups is 1. The fourth-order valence-corrected chi connectivity index (χ4v) is 3.50. The van der Waals surface area contributed by atoms with Gasteiger partial charge in [-0.25, -0.2) is 8.78 Å². The number of benzene rings is 2. The van der Waals surface area contributed by atoms with Crippen molar-refractivity contribution in [3.8, 4) is 5.75 Å². The van der Waals surface area contributed by atoms with Crippen molar-refractivity contribution in [3.63, 3.8) is 0 Å². The highest BCUT2D eigenvalue weighted by atomic mass is 35.5.